The Morgan fingerprint density at radius 3 is 3.14 bits per heavy atom. The van der Waals surface area contributed by atoms with Crippen LogP contribution in [0.3, 0.4) is 0 Å². The van der Waals surface area contributed by atoms with E-state index in [9.17, 15) is 9.90 Å². The molecule has 0 spiro atoms. The minimum Gasteiger partial charge on any atom is -0.392 e. The Labute approximate surface area is 130 Å². The Kier molecular flexibility index (Phi) is 5.96. The van der Waals surface area contributed by atoms with Gasteiger partial charge in [0.15, 0.2) is 5.15 Å². The summed E-state index contributed by atoms with van der Waals surface area (Å²) in [6.45, 7) is 3.08. The molecule has 2 N–H and O–H groups in total. The maximum Gasteiger partial charge on any atom is 0.238 e. The number of pyridine rings is 1. The Morgan fingerprint density at radius 1 is 1.62 bits per heavy atom. The molecule has 1 aromatic heterocycles. The molecule has 0 bridgehead atoms. The molecule has 0 saturated carbocycles. The molecule has 2 heterocycles. The van der Waals surface area contributed by atoms with E-state index in [4.69, 9.17) is 11.6 Å². The van der Waals surface area contributed by atoms with Crippen LogP contribution >= 0.6 is 11.6 Å². The lowest BCUT2D eigenvalue weighted by molar-refractivity contribution is -0.119. The van der Waals surface area contributed by atoms with E-state index in [0.717, 1.165) is 25.8 Å². The fourth-order valence-electron chi connectivity index (χ4n) is 2.77. The first-order chi connectivity index (χ1) is 10.1. The van der Waals surface area contributed by atoms with E-state index in [1.165, 1.54) is 0 Å². The summed E-state index contributed by atoms with van der Waals surface area (Å²) in [6, 6.07) is 3.52. The SMILES string of the molecule is CCC(O)C1CCCCN1CC(=O)Nc1cccnc1Cl. The highest BCUT2D eigenvalue weighted by Crippen LogP contribution is 2.22. The van der Waals surface area contributed by atoms with Gasteiger partial charge >= 0.3 is 0 Å². The van der Waals surface area contributed by atoms with E-state index in [-0.39, 0.29) is 29.8 Å². The van der Waals surface area contributed by atoms with Gasteiger partial charge in [-0.05, 0) is 37.9 Å². The quantitative estimate of drug-likeness (QED) is 0.819. The summed E-state index contributed by atoms with van der Waals surface area (Å²) >= 11 is 5.93. The minimum atomic E-state index is -0.375. The highest BCUT2D eigenvalue weighted by Gasteiger charge is 2.29. The molecule has 0 aliphatic carbocycles. The molecule has 1 aliphatic heterocycles. The van der Waals surface area contributed by atoms with E-state index in [1.54, 1.807) is 18.3 Å². The number of rotatable bonds is 5. The number of nitrogens with zero attached hydrogens (tertiary/aromatic N) is 2. The lowest BCUT2D eigenvalue weighted by Crippen LogP contribution is -2.49. The lowest BCUT2D eigenvalue weighted by atomic mass is 9.96. The van der Waals surface area contributed by atoms with Crippen LogP contribution in [0.1, 0.15) is 32.6 Å². The Bertz CT molecular complexity index is 484. The van der Waals surface area contributed by atoms with E-state index in [2.05, 4.69) is 15.2 Å². The van der Waals surface area contributed by atoms with Gasteiger partial charge in [-0.25, -0.2) is 4.98 Å². The summed E-state index contributed by atoms with van der Waals surface area (Å²) in [5, 5.41) is 13.2. The molecule has 2 unspecified atom stereocenters. The van der Waals surface area contributed by atoms with Gasteiger partial charge < -0.3 is 10.4 Å². The lowest BCUT2D eigenvalue weighted by Gasteiger charge is -2.37. The van der Waals surface area contributed by atoms with E-state index in [0.29, 0.717) is 12.1 Å². The van der Waals surface area contributed by atoms with Crippen LogP contribution in [0.25, 0.3) is 0 Å². The van der Waals surface area contributed by atoms with Gasteiger partial charge in [-0.2, -0.15) is 0 Å². The van der Waals surface area contributed by atoms with Crippen LogP contribution in [0.2, 0.25) is 5.15 Å². The minimum absolute atomic E-state index is 0.0684. The van der Waals surface area contributed by atoms with Crippen LogP contribution in [0.5, 0.6) is 0 Å². The van der Waals surface area contributed by atoms with Crippen LogP contribution < -0.4 is 5.32 Å². The predicted octanol–water partition coefficient (Wildman–Crippen LogP) is 2.30. The molecule has 2 rings (SSSR count). The maximum atomic E-state index is 12.2. The Morgan fingerprint density at radius 2 is 2.43 bits per heavy atom. The topological polar surface area (TPSA) is 65.5 Å². The van der Waals surface area contributed by atoms with Gasteiger partial charge in [-0.1, -0.05) is 24.9 Å². The van der Waals surface area contributed by atoms with Gasteiger partial charge in [0.1, 0.15) is 0 Å². The Hall–Kier alpha value is -1.17. The summed E-state index contributed by atoms with van der Waals surface area (Å²) < 4.78 is 0. The van der Waals surface area contributed by atoms with Crippen molar-refractivity contribution in [2.24, 2.45) is 0 Å². The Balaban J connectivity index is 1.96. The van der Waals surface area contributed by atoms with Crippen molar-refractivity contribution in [3.63, 3.8) is 0 Å². The van der Waals surface area contributed by atoms with Gasteiger partial charge in [-0.15, -0.1) is 0 Å². The average Bonchev–Trinajstić information content (AvgIpc) is 2.49. The molecule has 21 heavy (non-hydrogen) atoms. The van der Waals surface area contributed by atoms with Crippen molar-refractivity contribution >= 4 is 23.2 Å². The van der Waals surface area contributed by atoms with Crippen molar-refractivity contribution in [1.29, 1.82) is 0 Å². The molecule has 0 aromatic carbocycles. The summed E-state index contributed by atoms with van der Waals surface area (Å²) in [5.74, 6) is -0.125. The zero-order chi connectivity index (χ0) is 15.2. The molecule has 2 atom stereocenters. The van der Waals surface area contributed by atoms with Crippen molar-refractivity contribution in [2.45, 2.75) is 44.8 Å². The second-order valence-electron chi connectivity index (χ2n) is 5.40. The number of aromatic nitrogens is 1. The van der Waals surface area contributed by atoms with Gasteiger partial charge in [0.2, 0.25) is 5.91 Å². The molecule has 1 saturated heterocycles. The van der Waals surface area contributed by atoms with E-state index in [1.807, 2.05) is 6.92 Å². The number of aliphatic hydroxyl groups is 1. The van der Waals surface area contributed by atoms with Gasteiger partial charge in [0.05, 0.1) is 18.3 Å². The van der Waals surface area contributed by atoms with Crippen LogP contribution in [0.15, 0.2) is 18.3 Å². The monoisotopic (exact) mass is 311 g/mol. The highest BCUT2D eigenvalue weighted by molar-refractivity contribution is 6.32. The van der Waals surface area contributed by atoms with Gasteiger partial charge in [0.25, 0.3) is 0 Å². The molecular formula is C15H22ClN3O2. The summed E-state index contributed by atoms with van der Waals surface area (Å²) in [4.78, 5) is 18.2. The smallest absolute Gasteiger partial charge is 0.238 e. The summed E-state index contributed by atoms with van der Waals surface area (Å²) in [6.07, 6.45) is 5.02. The predicted molar refractivity (Wildman–Crippen MR) is 83.4 cm³/mol. The number of hydrogen-bond acceptors (Lipinski definition) is 4. The standard InChI is InChI=1S/C15H22ClN3O2/c1-2-13(20)12-7-3-4-9-19(12)10-14(21)18-11-6-5-8-17-15(11)16/h5-6,8,12-13,20H,2-4,7,9-10H2,1H3,(H,18,21). The molecular weight excluding hydrogens is 290 g/mol. The molecule has 0 radical (unpaired) electrons. The van der Waals surface area contributed by atoms with E-state index < -0.39 is 0 Å². The zero-order valence-electron chi connectivity index (χ0n) is 12.3. The third-order valence-electron chi connectivity index (χ3n) is 3.91. The van der Waals surface area contributed by atoms with Crippen LogP contribution in [-0.2, 0) is 4.79 Å². The molecule has 1 fully saturated rings. The molecule has 1 amide bonds. The highest BCUT2D eigenvalue weighted by atomic mass is 35.5. The number of carbonyl (C=O) groups is 1. The number of likely N-dealkylation sites (tertiary alicyclic amines) is 1. The molecule has 116 valence electrons. The number of aliphatic hydroxyl groups excluding tert-OH is 1. The average molecular weight is 312 g/mol. The number of piperidine rings is 1. The van der Waals surface area contributed by atoms with Crippen molar-refractivity contribution in [1.82, 2.24) is 9.88 Å². The zero-order valence-corrected chi connectivity index (χ0v) is 13.0. The second-order valence-corrected chi connectivity index (χ2v) is 5.76. The first-order valence-corrected chi connectivity index (χ1v) is 7.82. The number of amides is 1. The first kappa shape index (κ1) is 16.2. The maximum absolute atomic E-state index is 12.2. The third-order valence-corrected chi connectivity index (χ3v) is 4.21. The normalized spacial score (nSPS) is 21.0. The molecule has 1 aliphatic rings. The number of anilines is 1. The first-order valence-electron chi connectivity index (χ1n) is 7.44. The second kappa shape index (κ2) is 7.73. The van der Waals surface area contributed by atoms with Gasteiger partial charge in [-0.3, -0.25) is 9.69 Å². The molecule has 1 aromatic rings. The van der Waals surface area contributed by atoms with Crippen molar-refractivity contribution in [2.75, 3.05) is 18.4 Å². The molecule has 5 nitrogen and oxygen atoms in total. The number of carbonyl (C=O) groups excluding carboxylic acids is 1. The number of halogens is 1. The number of nitrogens with one attached hydrogen (secondary N) is 1. The molecule has 6 heteroatoms. The largest absolute Gasteiger partial charge is 0.392 e. The van der Waals surface area contributed by atoms with Crippen molar-refractivity contribution in [3.05, 3.63) is 23.5 Å². The summed E-state index contributed by atoms with van der Waals surface area (Å²) in [7, 11) is 0. The van der Waals surface area contributed by atoms with Crippen molar-refractivity contribution in [3.8, 4) is 0 Å². The summed E-state index contributed by atoms with van der Waals surface area (Å²) in [5.41, 5.74) is 0.522. The third kappa shape index (κ3) is 4.40. The van der Waals surface area contributed by atoms with E-state index >= 15 is 0 Å². The fraction of sp³-hybridized carbons (Fsp3) is 0.600. The van der Waals surface area contributed by atoms with Gasteiger partial charge in [0, 0.05) is 12.2 Å². The van der Waals surface area contributed by atoms with Crippen LogP contribution in [0, 0.1) is 0 Å². The fourth-order valence-corrected chi connectivity index (χ4v) is 2.94. The number of hydrogen-bond donors (Lipinski definition) is 2. The van der Waals surface area contributed by atoms with Crippen LogP contribution in [-0.4, -0.2) is 46.1 Å². The van der Waals surface area contributed by atoms with Crippen molar-refractivity contribution < 1.29 is 9.90 Å². The van der Waals surface area contributed by atoms with Crippen LogP contribution in [0.4, 0.5) is 5.69 Å².